The Morgan fingerprint density at radius 2 is 1.62 bits per heavy atom. The number of nitrogens with one attached hydrogen (secondary N) is 1. The van der Waals surface area contributed by atoms with Gasteiger partial charge in [-0.05, 0) is 42.5 Å². The number of aromatic nitrogens is 4. The van der Waals surface area contributed by atoms with E-state index in [0.717, 1.165) is 18.2 Å². The quantitative estimate of drug-likeness (QED) is 0.157. The van der Waals surface area contributed by atoms with E-state index in [0.29, 0.717) is 22.4 Å². The lowest BCUT2D eigenvalue weighted by Gasteiger charge is -2.14. The number of benzene rings is 1. The van der Waals surface area contributed by atoms with Gasteiger partial charge in [0.2, 0.25) is 0 Å². The first-order valence-electron chi connectivity index (χ1n) is 9.76. The standard InChI is InChI=1S/C22H14F6IN5/c23-21(24,25)13-3-5-14(6-4-13)32-20-19-16(33-17(34-20)7-8-29)10-12(11-31-19)18-15(22(26,27)28)2-1-9-30-18/h1-6,9-11H,7-8H2,(H,32,33,34). The molecule has 0 saturated carbocycles. The normalized spacial score (nSPS) is 12.2. The number of fused-ring (bicyclic) bond motifs is 1. The van der Waals surface area contributed by atoms with Crippen LogP contribution < -0.4 is 5.32 Å². The van der Waals surface area contributed by atoms with Crippen LogP contribution in [0.3, 0.4) is 0 Å². The Labute approximate surface area is 202 Å². The van der Waals surface area contributed by atoms with Crippen LogP contribution in [-0.4, -0.2) is 24.4 Å². The van der Waals surface area contributed by atoms with Crippen molar-refractivity contribution in [3.05, 3.63) is 71.8 Å². The zero-order valence-corrected chi connectivity index (χ0v) is 19.2. The summed E-state index contributed by atoms with van der Waals surface area (Å²) in [6.45, 7) is 0. The molecule has 0 aliphatic heterocycles. The van der Waals surface area contributed by atoms with Crippen LogP contribution >= 0.6 is 22.6 Å². The van der Waals surface area contributed by atoms with Crippen molar-refractivity contribution in [3.8, 4) is 11.3 Å². The van der Waals surface area contributed by atoms with Crippen LogP contribution in [0, 0.1) is 0 Å². The molecule has 0 radical (unpaired) electrons. The van der Waals surface area contributed by atoms with Crippen molar-refractivity contribution >= 4 is 45.1 Å². The molecule has 0 amide bonds. The van der Waals surface area contributed by atoms with Gasteiger partial charge in [0.1, 0.15) is 11.3 Å². The second kappa shape index (κ2) is 9.31. The Balaban J connectivity index is 1.79. The molecule has 0 bridgehead atoms. The summed E-state index contributed by atoms with van der Waals surface area (Å²) in [5.74, 6) is 0.639. The van der Waals surface area contributed by atoms with Crippen molar-refractivity contribution < 1.29 is 26.3 Å². The van der Waals surface area contributed by atoms with Crippen molar-refractivity contribution in [1.29, 1.82) is 0 Å². The largest absolute Gasteiger partial charge is 0.418 e. The van der Waals surface area contributed by atoms with Gasteiger partial charge in [0.15, 0.2) is 5.82 Å². The van der Waals surface area contributed by atoms with Crippen LogP contribution in [0.1, 0.15) is 17.0 Å². The van der Waals surface area contributed by atoms with Gasteiger partial charge in [0.25, 0.3) is 0 Å². The molecule has 4 aromatic rings. The van der Waals surface area contributed by atoms with Gasteiger partial charge >= 0.3 is 12.4 Å². The first-order valence-corrected chi connectivity index (χ1v) is 11.3. The molecule has 0 fully saturated rings. The Kier molecular flexibility index (Phi) is 6.60. The summed E-state index contributed by atoms with van der Waals surface area (Å²) in [7, 11) is 0. The maximum Gasteiger partial charge on any atom is 0.418 e. The van der Waals surface area contributed by atoms with Crippen LogP contribution in [0.15, 0.2) is 54.9 Å². The Morgan fingerprint density at radius 3 is 2.26 bits per heavy atom. The molecule has 0 aliphatic rings. The van der Waals surface area contributed by atoms with Gasteiger partial charge in [-0.15, -0.1) is 0 Å². The third kappa shape index (κ3) is 5.21. The molecule has 5 nitrogen and oxygen atoms in total. The van der Waals surface area contributed by atoms with Gasteiger partial charge in [0, 0.05) is 34.5 Å². The number of alkyl halides is 7. The topological polar surface area (TPSA) is 63.6 Å². The average Bonchev–Trinajstić information content (AvgIpc) is 2.78. The summed E-state index contributed by atoms with van der Waals surface area (Å²) in [5, 5.41) is 2.94. The zero-order chi connectivity index (χ0) is 24.5. The number of pyridine rings is 2. The van der Waals surface area contributed by atoms with Gasteiger partial charge in [-0.25, -0.2) is 15.0 Å². The summed E-state index contributed by atoms with van der Waals surface area (Å²) in [6.07, 6.45) is -6.11. The van der Waals surface area contributed by atoms with E-state index in [9.17, 15) is 26.3 Å². The minimum Gasteiger partial charge on any atom is -0.338 e. The summed E-state index contributed by atoms with van der Waals surface area (Å²) >= 11 is 2.13. The zero-order valence-electron chi connectivity index (χ0n) is 17.0. The highest BCUT2D eigenvalue weighted by molar-refractivity contribution is 14.1. The van der Waals surface area contributed by atoms with Crippen LogP contribution in [0.25, 0.3) is 22.3 Å². The minimum absolute atomic E-state index is 0.125. The lowest BCUT2D eigenvalue weighted by atomic mass is 10.1. The molecule has 3 heterocycles. The number of rotatable bonds is 5. The van der Waals surface area contributed by atoms with Crippen LogP contribution in [0.4, 0.5) is 37.8 Å². The van der Waals surface area contributed by atoms with E-state index in [-0.39, 0.29) is 28.1 Å². The third-order valence-electron chi connectivity index (χ3n) is 4.76. The number of aryl methyl sites for hydroxylation is 1. The fourth-order valence-electron chi connectivity index (χ4n) is 3.22. The van der Waals surface area contributed by atoms with Gasteiger partial charge in [-0.3, -0.25) is 4.98 Å². The van der Waals surface area contributed by atoms with E-state index in [1.54, 1.807) is 0 Å². The van der Waals surface area contributed by atoms with Crippen molar-refractivity contribution in [3.63, 3.8) is 0 Å². The van der Waals surface area contributed by atoms with Crippen molar-refractivity contribution in [2.45, 2.75) is 18.8 Å². The summed E-state index contributed by atoms with van der Waals surface area (Å²) in [5.41, 5.74) is -0.986. The van der Waals surface area contributed by atoms with Crippen molar-refractivity contribution in [2.24, 2.45) is 0 Å². The first-order chi connectivity index (χ1) is 16.1. The monoisotopic (exact) mass is 589 g/mol. The van der Waals surface area contributed by atoms with Gasteiger partial charge in [-0.1, -0.05) is 22.6 Å². The molecule has 12 heteroatoms. The number of hydrogen-bond donors (Lipinski definition) is 1. The summed E-state index contributed by atoms with van der Waals surface area (Å²) in [6, 6.07) is 7.96. The van der Waals surface area contributed by atoms with E-state index < -0.39 is 23.5 Å². The Morgan fingerprint density at radius 1 is 0.882 bits per heavy atom. The predicted octanol–water partition coefficient (Wildman–Crippen LogP) is 6.85. The van der Waals surface area contributed by atoms with E-state index in [4.69, 9.17) is 0 Å². The molecule has 3 aromatic heterocycles. The van der Waals surface area contributed by atoms with Crippen LogP contribution in [0.5, 0.6) is 0 Å². The second-order valence-electron chi connectivity index (χ2n) is 7.12. The predicted molar refractivity (Wildman–Crippen MR) is 123 cm³/mol. The maximum absolute atomic E-state index is 13.5. The van der Waals surface area contributed by atoms with Crippen molar-refractivity contribution in [2.75, 3.05) is 9.74 Å². The third-order valence-corrected chi connectivity index (χ3v) is 5.30. The molecular formula is C22H14F6IN5. The van der Waals surface area contributed by atoms with E-state index in [1.807, 2.05) is 0 Å². The second-order valence-corrected chi connectivity index (χ2v) is 8.20. The Hall–Kier alpha value is -3.03. The van der Waals surface area contributed by atoms with Crippen LogP contribution in [0.2, 0.25) is 0 Å². The lowest BCUT2D eigenvalue weighted by Crippen LogP contribution is -2.09. The van der Waals surface area contributed by atoms with Gasteiger partial charge in [-0.2, -0.15) is 26.3 Å². The SMILES string of the molecule is FC(F)(F)c1ccc(Nc2nc(CCI)nc3cc(-c4ncccc4C(F)(F)F)cnc23)cc1. The molecule has 0 aliphatic carbocycles. The fourth-order valence-corrected chi connectivity index (χ4v) is 3.71. The Bertz CT molecular complexity index is 1320. The number of anilines is 2. The first kappa shape index (κ1) is 24.1. The molecule has 176 valence electrons. The average molecular weight is 589 g/mol. The van der Waals surface area contributed by atoms with Crippen LogP contribution in [-0.2, 0) is 18.8 Å². The van der Waals surface area contributed by atoms with E-state index in [2.05, 4.69) is 47.8 Å². The van der Waals surface area contributed by atoms with Gasteiger partial charge in [0.05, 0.1) is 22.3 Å². The summed E-state index contributed by atoms with van der Waals surface area (Å²) < 4.78 is 79.6. The number of hydrogen-bond acceptors (Lipinski definition) is 5. The molecule has 0 atom stereocenters. The molecule has 0 unspecified atom stereocenters. The molecular weight excluding hydrogens is 575 g/mol. The van der Waals surface area contributed by atoms with Gasteiger partial charge < -0.3 is 5.32 Å². The number of nitrogens with zero attached hydrogens (tertiary/aromatic N) is 4. The molecule has 0 spiro atoms. The highest BCUT2D eigenvalue weighted by atomic mass is 127. The lowest BCUT2D eigenvalue weighted by molar-refractivity contribution is -0.138. The molecule has 34 heavy (non-hydrogen) atoms. The van der Waals surface area contributed by atoms with Crippen molar-refractivity contribution in [1.82, 2.24) is 19.9 Å². The fraction of sp³-hybridized carbons (Fsp3) is 0.182. The van der Waals surface area contributed by atoms with E-state index in [1.165, 1.54) is 36.7 Å². The molecule has 1 N–H and O–H groups in total. The smallest absolute Gasteiger partial charge is 0.338 e. The highest BCUT2D eigenvalue weighted by Gasteiger charge is 2.34. The molecule has 1 aromatic carbocycles. The maximum atomic E-state index is 13.5. The molecule has 0 saturated heterocycles. The summed E-state index contributed by atoms with van der Waals surface area (Å²) in [4.78, 5) is 17.0. The molecule has 4 rings (SSSR count). The minimum atomic E-state index is -4.61. The highest BCUT2D eigenvalue weighted by Crippen LogP contribution is 2.36. The van der Waals surface area contributed by atoms with E-state index >= 15 is 0 Å². The number of halogens is 7.